The molecule has 6 aromatic carbocycles. The van der Waals surface area contributed by atoms with Crippen LogP contribution in [0.2, 0.25) is 5.02 Å². The van der Waals surface area contributed by atoms with E-state index in [1.165, 1.54) is 46.0 Å². The van der Waals surface area contributed by atoms with Crippen LogP contribution in [0.3, 0.4) is 0 Å². The summed E-state index contributed by atoms with van der Waals surface area (Å²) in [4.78, 5) is 133. The van der Waals surface area contributed by atoms with Crippen molar-refractivity contribution in [3.05, 3.63) is 147 Å². The van der Waals surface area contributed by atoms with Crippen LogP contribution in [0.5, 0.6) is 51.7 Å². The number of aromatic hydroxyl groups is 2. The number of unbranched alkanes of at least 4 members (excludes halogenated alkanes) is 1. The molecule has 37 heteroatoms. The zero-order valence-corrected chi connectivity index (χ0v) is 65.3. The van der Waals surface area contributed by atoms with Gasteiger partial charge in [-0.05, 0) is 153 Å². The van der Waals surface area contributed by atoms with Crippen molar-refractivity contribution < 1.29 is 127 Å². The van der Waals surface area contributed by atoms with Gasteiger partial charge < -0.3 is 138 Å². The molecule has 0 saturated carbocycles. The number of carbonyl (C=O) groups is 9. The molecule has 0 spiro atoms. The van der Waals surface area contributed by atoms with E-state index < -0.39 is 237 Å². The van der Waals surface area contributed by atoms with Gasteiger partial charge in [0.05, 0.1) is 42.9 Å². The summed E-state index contributed by atoms with van der Waals surface area (Å²) in [6, 6.07) is 7.19. The summed E-state index contributed by atoms with van der Waals surface area (Å²) >= 11 is 7.15. The first-order chi connectivity index (χ1) is 55.5. The average molecular weight is 1650 g/mol. The van der Waals surface area contributed by atoms with Crippen LogP contribution in [0.1, 0.15) is 136 Å². The number of halogens is 1. The number of carboxylic acids is 1. The number of hydrogen-bond donors (Lipinski definition) is 19. The van der Waals surface area contributed by atoms with E-state index in [-0.39, 0.29) is 59.1 Å². The van der Waals surface area contributed by atoms with Crippen LogP contribution in [0.15, 0.2) is 103 Å². The lowest BCUT2D eigenvalue weighted by Gasteiger charge is -2.47. The molecule has 0 radical (unpaired) electrons. The highest BCUT2D eigenvalue weighted by atomic mass is 35.5. The Morgan fingerprint density at radius 1 is 0.726 bits per heavy atom. The van der Waals surface area contributed by atoms with Gasteiger partial charge in [-0.3, -0.25) is 33.6 Å². The van der Waals surface area contributed by atoms with Crippen molar-refractivity contribution in [2.45, 2.75) is 189 Å². The number of aliphatic carboxylic acids is 1. The Balaban J connectivity index is 1.10. The molecule has 18 atom stereocenters. The number of rotatable bonds is 21. The van der Waals surface area contributed by atoms with Gasteiger partial charge in [-0.25, -0.2) is 9.59 Å². The molecule has 7 aliphatic heterocycles. The number of aryl methyl sites for hydroxylation is 1. The van der Waals surface area contributed by atoms with E-state index in [1.54, 1.807) is 24.3 Å². The maximum atomic E-state index is 16.3. The predicted octanol–water partition coefficient (Wildman–Crippen LogP) is 2.57. The number of nitrogens with two attached hydrogens (primary N) is 2. The van der Waals surface area contributed by atoms with Gasteiger partial charge in [0.2, 0.25) is 53.4 Å². The van der Waals surface area contributed by atoms with Gasteiger partial charge >= 0.3 is 12.1 Å². The molecule has 0 unspecified atom stereocenters. The third kappa shape index (κ3) is 20.0. The maximum Gasteiger partial charge on any atom is 0.412 e. The summed E-state index contributed by atoms with van der Waals surface area (Å²) in [6.45, 7) is 9.78. The zero-order chi connectivity index (χ0) is 84.8. The average Bonchev–Trinajstić information content (AvgIpc) is 0.767. The second-order valence-corrected chi connectivity index (χ2v) is 30.3. The lowest BCUT2D eigenvalue weighted by molar-refractivity contribution is -0.333. The van der Waals surface area contributed by atoms with Gasteiger partial charge in [0, 0.05) is 41.3 Å². The van der Waals surface area contributed by atoms with Gasteiger partial charge in [-0.2, -0.15) is 0 Å². The van der Waals surface area contributed by atoms with Crippen LogP contribution in [0.25, 0.3) is 11.1 Å². The van der Waals surface area contributed by atoms with Crippen molar-refractivity contribution in [1.82, 2.24) is 42.5 Å². The van der Waals surface area contributed by atoms with E-state index in [4.69, 9.17) is 61.0 Å². The van der Waals surface area contributed by atoms with Crippen LogP contribution in [-0.2, 0) is 59.0 Å². The molecule has 0 aromatic heterocycles. The molecule has 628 valence electrons. The fourth-order valence-electron chi connectivity index (χ4n) is 14.3. The molecule has 8 amide bonds. The van der Waals surface area contributed by atoms with Crippen molar-refractivity contribution in [2.75, 3.05) is 26.8 Å². The Morgan fingerprint density at radius 2 is 1.38 bits per heavy atom. The number of nitrogens with one attached hydrogen (secondary N) is 8. The minimum Gasteiger partial charge on any atom is -0.507 e. The molecule has 13 rings (SSSR count). The Morgan fingerprint density at radius 3 is 2.03 bits per heavy atom. The molecule has 117 heavy (non-hydrogen) atoms. The van der Waals surface area contributed by atoms with Crippen LogP contribution in [0, 0.1) is 12.8 Å². The highest BCUT2D eigenvalue weighted by molar-refractivity contribution is 6.32. The number of primary amides is 1. The molecule has 6 aromatic rings. The van der Waals surface area contributed by atoms with Gasteiger partial charge in [0.1, 0.15) is 95.2 Å². The molecule has 11 bridgehead atoms. The monoisotopic (exact) mass is 1650 g/mol. The predicted molar refractivity (Wildman–Crippen MR) is 412 cm³/mol. The smallest absolute Gasteiger partial charge is 0.412 e. The number of phenolic OH excluding ortho intramolecular Hbond substituents is 2. The molecule has 7 aliphatic rings. The molecule has 2 fully saturated rings. The second kappa shape index (κ2) is 37.1. The van der Waals surface area contributed by atoms with Gasteiger partial charge in [0.25, 0.3) is 0 Å². The molecular weight excluding hydrogens is 1550 g/mol. The minimum absolute atomic E-state index is 0.00731. The van der Waals surface area contributed by atoms with Crippen molar-refractivity contribution in [3.8, 4) is 62.9 Å². The molecular formula is C80H95ClN10O26. The number of carbonyl (C=O) groups excluding carboxylic acids is 8. The topological polar surface area (TPSA) is 558 Å². The first-order valence-corrected chi connectivity index (χ1v) is 38.2. The first-order valence-electron chi connectivity index (χ1n) is 37.8. The highest BCUT2D eigenvalue weighted by Gasteiger charge is 2.52. The normalized spacial score (nSPS) is 26.9. The maximum absolute atomic E-state index is 16.3. The van der Waals surface area contributed by atoms with E-state index in [1.807, 2.05) is 20.8 Å². The Bertz CT molecular complexity index is 4730. The van der Waals surface area contributed by atoms with Gasteiger partial charge in [-0.15, -0.1) is 0 Å². The van der Waals surface area contributed by atoms with E-state index in [0.717, 1.165) is 79.1 Å². The van der Waals surface area contributed by atoms with Crippen LogP contribution < -0.4 is 77.7 Å². The number of fused-ring (bicyclic) bond motifs is 15. The number of carboxylic acid groups (broad SMARTS) is 1. The minimum atomic E-state index is -2.35. The molecule has 7 heterocycles. The van der Waals surface area contributed by atoms with E-state index >= 15 is 24.0 Å². The summed E-state index contributed by atoms with van der Waals surface area (Å²) in [7, 11) is 1.49. The summed E-state index contributed by atoms with van der Waals surface area (Å²) in [6.07, 6.45) is -17.5. The van der Waals surface area contributed by atoms with Crippen LogP contribution in [-0.4, -0.2) is 205 Å². The standard InChI is InChI=1S/C80H95ClN10O26/c1-8-9-22-110-42-15-10-37(11-16-42)20-21-85-79(109)112-43-29-45-58(50(94)30-43)44-25-38(12-17-49(44)93)59-73(103)91-63(76(106)89-61(45)77(107)108)65(97)40-14-19-52(46(81)26-40)114-54-28-41-27-53(68(54)117-78-69(67(99)66(98)55(33-92)115-78)116-57-32-80(6,83)70(100)36(5)111-57)113-51-18-13-39(24-35(51)4)64(96)62(90-71(101)47(84-7)23-34(2)3)75(105)86-48(31-56(82)95)72(102)87-60(41)74(104)88-59/h10-19,24-30,34,36,47-48,55,57,59-67,69-70,78,84,92-94,96-100H,8-9,20-23,31-33,83H2,1-7H3,(H2,82,95)(H,85,109)(H,86,105)(H,87,102)(H,88,104)(H,89,106)(H,90,101)(H,91,103)(H,107,108)/t36-,47+,48-,55+,57-,59+,60+,61-,62+,63-,64+,65+,66+,67-,69+,70+,78-,80-/m0/s1. The lowest BCUT2D eigenvalue weighted by atomic mass is 9.86. The number of ether oxygens (including phenoxy) is 8. The fraction of sp³-hybridized carbons (Fsp3) is 0.438. The third-order valence-corrected chi connectivity index (χ3v) is 20.9. The summed E-state index contributed by atoms with van der Waals surface area (Å²) in [5, 5.41) is 125. The van der Waals surface area contributed by atoms with Crippen molar-refractivity contribution in [3.63, 3.8) is 0 Å². The number of aliphatic hydroxyl groups excluding tert-OH is 6. The third-order valence-electron chi connectivity index (χ3n) is 20.6. The Labute approximate surface area is 675 Å². The number of benzene rings is 6. The van der Waals surface area contributed by atoms with E-state index in [2.05, 4.69) is 42.5 Å². The van der Waals surface area contributed by atoms with E-state index in [0.29, 0.717) is 18.8 Å². The zero-order valence-electron chi connectivity index (χ0n) is 64.6. The van der Waals surface area contributed by atoms with Gasteiger partial charge in [-0.1, -0.05) is 69.1 Å². The SMILES string of the molecule is CCCCOc1ccc(CCNC(=O)Oc2cc(O)c3c(c2)[C@@H](C(=O)O)NC(=O)[C@H]2NC(=O)[C@H](NC(=O)[C@@H]4NC(=O)[C@H](CC(N)=O)NC(=O)[C@H](NC(=O)[C@@H](CC(C)C)NC)[C@H](O)c5ccc(c(C)c5)Oc5cc4cc(c5O[C@@H]4O[C@H](CO)[C@@H](O)[C@H](O)[C@H]4O[C@H]4C[C@](C)(N)[C@H](O)[C@H](C)O4)Oc4ccc(cc4Cl)[C@H]2O)c2ccc(O)c-3c2)cc1. The molecule has 36 nitrogen and oxygen atoms in total. The number of aliphatic hydroxyl groups is 6. The van der Waals surface area contributed by atoms with Gasteiger partial charge in [0.15, 0.2) is 29.9 Å². The largest absolute Gasteiger partial charge is 0.507 e. The van der Waals surface area contributed by atoms with Crippen molar-refractivity contribution in [2.24, 2.45) is 17.4 Å². The quantitative estimate of drug-likeness (QED) is 0.0460. The molecule has 2 saturated heterocycles. The van der Waals surface area contributed by atoms with E-state index in [9.17, 15) is 65.1 Å². The molecule has 0 aliphatic carbocycles. The number of amides is 8. The Hall–Kier alpha value is -11.0. The summed E-state index contributed by atoms with van der Waals surface area (Å²) in [5.41, 5.74) is 9.11. The Kier molecular flexibility index (Phi) is 27.5. The molecule has 21 N–H and O–H groups in total. The fourth-order valence-corrected chi connectivity index (χ4v) is 14.5. The number of phenols is 2. The number of hydrogen-bond acceptors (Lipinski definition) is 27. The van der Waals surface area contributed by atoms with Crippen LogP contribution >= 0.6 is 11.6 Å². The van der Waals surface area contributed by atoms with Crippen LogP contribution in [0.4, 0.5) is 4.79 Å². The second-order valence-electron chi connectivity index (χ2n) is 29.9. The highest BCUT2D eigenvalue weighted by Crippen LogP contribution is 2.50. The first kappa shape index (κ1) is 86.8. The van der Waals surface area contributed by atoms with Crippen molar-refractivity contribution >= 4 is 65.0 Å². The summed E-state index contributed by atoms with van der Waals surface area (Å²) in [5.74, 6) is -14.8. The number of likely N-dealkylation sites (N-methyl/N-ethyl adjacent to an activating group) is 1. The lowest BCUT2D eigenvalue weighted by Crippen LogP contribution is -2.64. The van der Waals surface area contributed by atoms with Crippen molar-refractivity contribution in [1.29, 1.82) is 0 Å². The summed E-state index contributed by atoms with van der Waals surface area (Å²) < 4.78 is 50.2.